The van der Waals surface area contributed by atoms with Gasteiger partial charge in [-0.3, -0.25) is 4.79 Å². The summed E-state index contributed by atoms with van der Waals surface area (Å²) in [7, 11) is 1.60. The molecular formula is C19H15ClFNO3. The fraction of sp³-hybridized carbons (Fsp3) is 0.105. The highest BCUT2D eigenvalue weighted by Crippen LogP contribution is 2.25. The lowest BCUT2D eigenvalue weighted by Gasteiger charge is -2.09. The highest BCUT2D eigenvalue weighted by molar-refractivity contribution is 6.30. The van der Waals surface area contributed by atoms with Crippen LogP contribution in [0.15, 0.2) is 54.6 Å². The molecule has 1 N–H and O–H groups in total. The summed E-state index contributed by atoms with van der Waals surface area (Å²) in [4.78, 5) is 11.9. The molecule has 3 aromatic carbocycles. The molecule has 0 radical (unpaired) electrons. The van der Waals surface area contributed by atoms with Crippen molar-refractivity contribution in [2.75, 3.05) is 19.0 Å². The largest absolute Gasteiger partial charge is 0.497 e. The SMILES string of the molecule is COc1ccc2ccc(OCC(=O)Nc3ccc(Cl)cc3F)cc2c1. The molecule has 0 aliphatic rings. The van der Waals surface area contributed by atoms with Crippen LogP contribution in [0.4, 0.5) is 10.1 Å². The van der Waals surface area contributed by atoms with E-state index in [0.29, 0.717) is 5.75 Å². The summed E-state index contributed by atoms with van der Waals surface area (Å²) in [6.45, 7) is -0.239. The van der Waals surface area contributed by atoms with Crippen LogP contribution in [0.1, 0.15) is 0 Å². The van der Waals surface area contributed by atoms with Crippen molar-refractivity contribution in [3.8, 4) is 11.5 Å². The molecule has 1 amide bonds. The fourth-order valence-corrected chi connectivity index (χ4v) is 2.50. The lowest BCUT2D eigenvalue weighted by atomic mass is 10.1. The van der Waals surface area contributed by atoms with Crippen molar-refractivity contribution in [2.24, 2.45) is 0 Å². The van der Waals surface area contributed by atoms with Gasteiger partial charge in [0.15, 0.2) is 6.61 Å². The molecule has 0 spiro atoms. The quantitative estimate of drug-likeness (QED) is 0.720. The third-order valence-corrected chi connectivity index (χ3v) is 3.83. The van der Waals surface area contributed by atoms with Crippen LogP contribution < -0.4 is 14.8 Å². The molecule has 128 valence electrons. The van der Waals surface area contributed by atoms with E-state index in [0.717, 1.165) is 22.6 Å². The first kappa shape index (κ1) is 17.0. The Balaban J connectivity index is 1.66. The average Bonchev–Trinajstić information content (AvgIpc) is 2.61. The van der Waals surface area contributed by atoms with Crippen molar-refractivity contribution < 1.29 is 18.7 Å². The Morgan fingerprint density at radius 1 is 1.04 bits per heavy atom. The minimum atomic E-state index is -0.598. The number of carbonyl (C=O) groups is 1. The zero-order valence-corrected chi connectivity index (χ0v) is 14.1. The van der Waals surface area contributed by atoms with E-state index in [1.807, 2.05) is 30.3 Å². The average molecular weight is 360 g/mol. The lowest BCUT2D eigenvalue weighted by Crippen LogP contribution is -2.20. The van der Waals surface area contributed by atoms with Crippen molar-refractivity contribution in [2.45, 2.75) is 0 Å². The van der Waals surface area contributed by atoms with E-state index in [1.165, 1.54) is 12.1 Å². The van der Waals surface area contributed by atoms with E-state index in [1.54, 1.807) is 13.2 Å². The van der Waals surface area contributed by atoms with Crippen LogP contribution in [0.5, 0.6) is 11.5 Å². The number of carbonyl (C=O) groups excluding carboxylic acids is 1. The molecule has 0 aliphatic heterocycles. The van der Waals surface area contributed by atoms with Gasteiger partial charge in [-0.1, -0.05) is 23.7 Å². The lowest BCUT2D eigenvalue weighted by molar-refractivity contribution is -0.118. The van der Waals surface area contributed by atoms with Gasteiger partial charge >= 0.3 is 0 Å². The fourth-order valence-electron chi connectivity index (χ4n) is 2.35. The third-order valence-electron chi connectivity index (χ3n) is 3.59. The Morgan fingerprint density at radius 2 is 1.76 bits per heavy atom. The van der Waals surface area contributed by atoms with Gasteiger partial charge in [0.25, 0.3) is 5.91 Å². The number of hydrogen-bond donors (Lipinski definition) is 1. The summed E-state index contributed by atoms with van der Waals surface area (Å²) in [6, 6.07) is 15.2. The molecule has 3 rings (SSSR count). The van der Waals surface area contributed by atoms with E-state index >= 15 is 0 Å². The second-order valence-electron chi connectivity index (χ2n) is 5.34. The first-order chi connectivity index (χ1) is 12.0. The molecule has 0 fully saturated rings. The Morgan fingerprint density at radius 3 is 2.48 bits per heavy atom. The van der Waals surface area contributed by atoms with Gasteiger partial charge < -0.3 is 14.8 Å². The summed E-state index contributed by atoms with van der Waals surface area (Å²) in [5.74, 6) is 0.207. The van der Waals surface area contributed by atoms with Gasteiger partial charge in [0.1, 0.15) is 17.3 Å². The summed E-state index contributed by atoms with van der Waals surface area (Å²) in [6.07, 6.45) is 0. The smallest absolute Gasteiger partial charge is 0.262 e. The van der Waals surface area contributed by atoms with Gasteiger partial charge in [-0.25, -0.2) is 4.39 Å². The third kappa shape index (κ3) is 4.19. The number of hydrogen-bond acceptors (Lipinski definition) is 3. The Kier molecular flexibility index (Phi) is 5.05. The molecule has 0 bridgehead atoms. The predicted molar refractivity (Wildman–Crippen MR) is 96.0 cm³/mol. The number of rotatable bonds is 5. The zero-order valence-electron chi connectivity index (χ0n) is 13.4. The molecule has 0 saturated carbocycles. The molecule has 0 heterocycles. The van der Waals surface area contributed by atoms with Gasteiger partial charge in [-0.2, -0.15) is 0 Å². The van der Waals surface area contributed by atoms with Gasteiger partial charge in [0.05, 0.1) is 12.8 Å². The van der Waals surface area contributed by atoms with E-state index in [9.17, 15) is 9.18 Å². The Hall–Kier alpha value is -2.79. The molecule has 25 heavy (non-hydrogen) atoms. The first-order valence-electron chi connectivity index (χ1n) is 7.50. The summed E-state index contributed by atoms with van der Waals surface area (Å²) in [5.41, 5.74) is 0.0567. The molecule has 0 unspecified atom stereocenters. The minimum absolute atomic E-state index is 0.0567. The van der Waals surface area contributed by atoms with Crippen LogP contribution in [0.2, 0.25) is 5.02 Å². The van der Waals surface area contributed by atoms with Crippen LogP contribution in [0.3, 0.4) is 0 Å². The van der Waals surface area contributed by atoms with E-state index in [2.05, 4.69) is 5.32 Å². The zero-order chi connectivity index (χ0) is 17.8. The van der Waals surface area contributed by atoms with Gasteiger partial charge in [0.2, 0.25) is 0 Å². The second kappa shape index (κ2) is 7.40. The minimum Gasteiger partial charge on any atom is -0.497 e. The van der Waals surface area contributed by atoms with E-state index in [-0.39, 0.29) is 17.3 Å². The highest BCUT2D eigenvalue weighted by Gasteiger charge is 2.09. The van der Waals surface area contributed by atoms with Crippen molar-refractivity contribution in [1.29, 1.82) is 0 Å². The number of halogens is 2. The Labute approximate surface area is 149 Å². The van der Waals surface area contributed by atoms with Gasteiger partial charge in [0, 0.05) is 5.02 Å². The number of amides is 1. The molecule has 4 nitrogen and oxygen atoms in total. The summed E-state index contributed by atoms with van der Waals surface area (Å²) in [5, 5.41) is 4.67. The highest BCUT2D eigenvalue weighted by atomic mass is 35.5. The molecule has 0 aromatic heterocycles. The van der Waals surface area contributed by atoms with E-state index in [4.69, 9.17) is 21.1 Å². The molecule has 0 atom stereocenters. The number of methoxy groups -OCH3 is 1. The summed E-state index contributed by atoms with van der Waals surface area (Å²) < 4.78 is 24.3. The molecular weight excluding hydrogens is 345 g/mol. The molecule has 0 aliphatic carbocycles. The first-order valence-corrected chi connectivity index (χ1v) is 7.88. The van der Waals surface area contributed by atoms with Crippen molar-refractivity contribution in [3.63, 3.8) is 0 Å². The summed E-state index contributed by atoms with van der Waals surface area (Å²) >= 11 is 5.68. The topological polar surface area (TPSA) is 47.6 Å². The maximum atomic E-state index is 13.7. The van der Waals surface area contributed by atoms with Gasteiger partial charge in [-0.05, 0) is 53.2 Å². The van der Waals surface area contributed by atoms with Crippen molar-refractivity contribution >= 4 is 34.0 Å². The standard InChI is InChI=1S/C19H15ClFNO3/c1-24-15-5-2-12-3-6-16(9-13(12)8-15)25-11-19(23)22-18-7-4-14(20)10-17(18)21/h2-10H,11H2,1H3,(H,22,23). The maximum absolute atomic E-state index is 13.7. The number of anilines is 1. The van der Waals surface area contributed by atoms with Crippen LogP contribution in [-0.2, 0) is 4.79 Å². The number of benzene rings is 3. The normalized spacial score (nSPS) is 10.5. The monoisotopic (exact) mass is 359 g/mol. The van der Waals surface area contributed by atoms with Crippen LogP contribution in [-0.4, -0.2) is 19.6 Å². The van der Waals surface area contributed by atoms with Crippen molar-refractivity contribution in [1.82, 2.24) is 0 Å². The van der Waals surface area contributed by atoms with Crippen LogP contribution in [0, 0.1) is 5.82 Å². The number of ether oxygens (including phenoxy) is 2. The van der Waals surface area contributed by atoms with Crippen LogP contribution >= 0.6 is 11.6 Å². The number of fused-ring (bicyclic) bond motifs is 1. The second-order valence-corrected chi connectivity index (χ2v) is 5.77. The molecule has 0 saturated heterocycles. The van der Waals surface area contributed by atoms with Crippen molar-refractivity contribution in [3.05, 3.63) is 65.4 Å². The Bertz CT molecular complexity index is 930. The maximum Gasteiger partial charge on any atom is 0.262 e. The predicted octanol–water partition coefficient (Wildman–Crippen LogP) is 4.66. The molecule has 3 aromatic rings. The number of nitrogens with one attached hydrogen (secondary N) is 1. The van der Waals surface area contributed by atoms with Crippen LogP contribution in [0.25, 0.3) is 10.8 Å². The molecule has 6 heteroatoms. The van der Waals surface area contributed by atoms with Gasteiger partial charge in [-0.15, -0.1) is 0 Å². The van der Waals surface area contributed by atoms with E-state index < -0.39 is 11.7 Å².